The highest BCUT2D eigenvalue weighted by molar-refractivity contribution is 8.00. The molecule has 3 aromatic rings. The lowest BCUT2D eigenvalue weighted by Crippen LogP contribution is -2.44. The third-order valence-corrected chi connectivity index (χ3v) is 8.55. The normalized spacial score (nSPS) is 17.1. The lowest BCUT2D eigenvalue weighted by molar-refractivity contribution is -0.131. The molecule has 1 saturated carbocycles. The fraction of sp³-hybridized carbons (Fsp3) is 0.417. The van der Waals surface area contributed by atoms with Gasteiger partial charge in [-0.25, -0.2) is 9.78 Å². The summed E-state index contributed by atoms with van der Waals surface area (Å²) in [4.78, 5) is 43.8. The molecule has 8 nitrogen and oxygen atoms in total. The molecule has 1 aliphatic heterocycles. The minimum absolute atomic E-state index is 0.129. The Kier molecular flexibility index (Phi) is 6.35. The van der Waals surface area contributed by atoms with E-state index in [-0.39, 0.29) is 24.4 Å². The first-order valence-electron chi connectivity index (χ1n) is 11.4. The maximum absolute atomic E-state index is 13.0. The number of aromatic nitrogens is 1. The largest absolute Gasteiger partial charge is 0.451 e. The zero-order valence-corrected chi connectivity index (χ0v) is 20.5. The number of amides is 4. The molecule has 2 aromatic heterocycles. The second-order valence-electron chi connectivity index (χ2n) is 8.73. The van der Waals surface area contributed by atoms with Crippen LogP contribution in [0.1, 0.15) is 53.9 Å². The van der Waals surface area contributed by atoms with Crippen LogP contribution >= 0.6 is 23.1 Å². The van der Waals surface area contributed by atoms with E-state index in [1.807, 2.05) is 36.6 Å². The summed E-state index contributed by atoms with van der Waals surface area (Å²) in [6.45, 7) is 2.57. The Labute approximate surface area is 205 Å². The van der Waals surface area contributed by atoms with Crippen LogP contribution in [0.3, 0.4) is 0 Å². The number of nitrogens with one attached hydrogen (secondary N) is 2. The van der Waals surface area contributed by atoms with E-state index in [2.05, 4.69) is 15.6 Å². The second-order valence-corrected chi connectivity index (χ2v) is 10.8. The maximum Gasteiger partial charge on any atom is 0.325 e. The number of thioether (sulfide) groups is 1. The third kappa shape index (κ3) is 4.32. The number of carbonyl (C=O) groups excluding carboxylic acids is 3. The van der Waals surface area contributed by atoms with Crippen molar-refractivity contribution in [1.29, 1.82) is 0 Å². The van der Waals surface area contributed by atoms with Crippen LogP contribution in [-0.2, 0) is 10.5 Å². The molecular formula is C24H26N4O4S2. The lowest BCUT2D eigenvalue weighted by atomic mass is 9.98. The number of hydrogen-bond acceptors (Lipinski definition) is 7. The predicted molar refractivity (Wildman–Crippen MR) is 131 cm³/mol. The highest BCUT2D eigenvalue weighted by atomic mass is 32.2. The van der Waals surface area contributed by atoms with Crippen LogP contribution in [0, 0.1) is 6.92 Å². The number of imide groups is 1. The summed E-state index contributed by atoms with van der Waals surface area (Å²) in [5.41, 5.74) is 1.78. The van der Waals surface area contributed by atoms with Gasteiger partial charge < -0.3 is 15.1 Å². The number of thiazole rings is 1. The fourth-order valence-corrected chi connectivity index (χ4v) is 6.55. The Morgan fingerprint density at radius 1 is 1.29 bits per heavy atom. The number of furan rings is 1. The van der Waals surface area contributed by atoms with Gasteiger partial charge in [0.25, 0.3) is 11.8 Å². The van der Waals surface area contributed by atoms with Gasteiger partial charge in [0.15, 0.2) is 5.76 Å². The average molecular weight is 499 g/mol. The molecule has 4 amide bonds. The molecule has 1 spiro atoms. The van der Waals surface area contributed by atoms with E-state index in [1.165, 1.54) is 4.90 Å². The van der Waals surface area contributed by atoms with Gasteiger partial charge in [-0.2, -0.15) is 0 Å². The van der Waals surface area contributed by atoms with Crippen molar-refractivity contribution in [3.05, 3.63) is 46.7 Å². The highest BCUT2D eigenvalue weighted by Gasteiger charge is 2.52. The Morgan fingerprint density at radius 3 is 2.85 bits per heavy atom. The molecule has 0 bridgehead atoms. The minimum atomic E-state index is -0.697. The smallest absolute Gasteiger partial charge is 0.325 e. The zero-order chi connectivity index (χ0) is 23.7. The summed E-state index contributed by atoms with van der Waals surface area (Å²) in [5.74, 6) is 0.431. The third-order valence-electron chi connectivity index (χ3n) is 6.39. The summed E-state index contributed by atoms with van der Waals surface area (Å²) in [5, 5.41) is 8.69. The first-order chi connectivity index (χ1) is 16.5. The Morgan fingerprint density at radius 2 is 2.09 bits per heavy atom. The fourth-order valence-electron chi connectivity index (χ4n) is 4.67. The molecule has 2 fully saturated rings. The summed E-state index contributed by atoms with van der Waals surface area (Å²) in [6.07, 6.45) is 3.80. The molecule has 34 heavy (non-hydrogen) atoms. The number of aryl methyl sites for hydroxylation is 1. The van der Waals surface area contributed by atoms with Gasteiger partial charge >= 0.3 is 6.03 Å². The first-order valence-corrected chi connectivity index (χ1v) is 13.3. The molecular weight excluding hydrogens is 472 g/mol. The van der Waals surface area contributed by atoms with Crippen LogP contribution in [0.5, 0.6) is 0 Å². The maximum atomic E-state index is 13.0. The van der Waals surface area contributed by atoms with Crippen LogP contribution in [-0.4, -0.2) is 46.4 Å². The Balaban J connectivity index is 1.21. The van der Waals surface area contributed by atoms with Crippen molar-refractivity contribution in [2.75, 3.05) is 13.1 Å². The molecule has 1 saturated heterocycles. The van der Waals surface area contributed by atoms with Crippen LogP contribution < -0.4 is 10.6 Å². The molecule has 0 unspecified atom stereocenters. The van der Waals surface area contributed by atoms with Crippen LogP contribution in [0.4, 0.5) is 4.79 Å². The van der Waals surface area contributed by atoms with Gasteiger partial charge in [0.2, 0.25) is 0 Å². The number of hydrogen-bond donors (Lipinski definition) is 2. The van der Waals surface area contributed by atoms with Crippen molar-refractivity contribution in [2.45, 2.75) is 54.7 Å². The van der Waals surface area contributed by atoms with E-state index in [1.54, 1.807) is 23.1 Å². The molecule has 5 rings (SSSR count). The predicted octanol–water partition coefficient (Wildman–Crippen LogP) is 4.47. The van der Waals surface area contributed by atoms with E-state index in [0.29, 0.717) is 42.9 Å². The number of benzene rings is 1. The molecule has 178 valence electrons. The monoisotopic (exact) mass is 498 g/mol. The summed E-state index contributed by atoms with van der Waals surface area (Å²) in [7, 11) is 0. The van der Waals surface area contributed by atoms with Gasteiger partial charge in [0.1, 0.15) is 15.5 Å². The SMILES string of the molecule is Cc1csc(SCc2c(C(=O)NCCCN3C(=O)NC4(CCCC4)C3=O)oc3ccccc23)n1. The zero-order valence-electron chi connectivity index (χ0n) is 18.9. The molecule has 1 aliphatic carbocycles. The number of fused-ring (bicyclic) bond motifs is 1. The number of urea groups is 1. The van der Waals surface area contributed by atoms with Crippen molar-refractivity contribution in [2.24, 2.45) is 0 Å². The van der Waals surface area contributed by atoms with Crippen LogP contribution in [0.2, 0.25) is 0 Å². The molecule has 2 aliphatic rings. The summed E-state index contributed by atoms with van der Waals surface area (Å²) < 4.78 is 6.86. The van der Waals surface area contributed by atoms with E-state index < -0.39 is 5.54 Å². The van der Waals surface area contributed by atoms with Gasteiger partial charge in [-0.15, -0.1) is 11.3 Å². The van der Waals surface area contributed by atoms with E-state index in [9.17, 15) is 14.4 Å². The van der Waals surface area contributed by atoms with Crippen LogP contribution in [0.15, 0.2) is 38.4 Å². The minimum Gasteiger partial charge on any atom is -0.451 e. The molecule has 3 heterocycles. The number of rotatable bonds is 8. The van der Waals surface area contributed by atoms with Crippen molar-refractivity contribution >= 4 is 51.9 Å². The first kappa shape index (κ1) is 22.9. The van der Waals surface area contributed by atoms with E-state index >= 15 is 0 Å². The highest BCUT2D eigenvalue weighted by Crippen LogP contribution is 2.35. The molecule has 0 atom stereocenters. The second kappa shape index (κ2) is 9.42. The van der Waals surface area contributed by atoms with E-state index in [4.69, 9.17) is 4.42 Å². The quantitative estimate of drug-likeness (QED) is 0.270. The number of carbonyl (C=O) groups is 3. The standard InChI is InChI=1S/C24H26N4O4S2/c1-15-13-33-23(26-15)34-14-17-16-7-2-3-8-18(16)32-19(17)20(29)25-11-6-12-28-21(30)24(27-22(28)31)9-4-5-10-24/h2-3,7-8,13H,4-6,9-12,14H2,1H3,(H,25,29)(H,27,31). The topological polar surface area (TPSA) is 105 Å². The van der Waals surface area contributed by atoms with Crippen molar-refractivity contribution in [3.8, 4) is 0 Å². The van der Waals surface area contributed by atoms with Gasteiger partial charge in [-0.05, 0) is 32.3 Å². The van der Waals surface area contributed by atoms with Crippen molar-refractivity contribution in [1.82, 2.24) is 20.5 Å². The number of para-hydroxylation sites is 1. The lowest BCUT2D eigenvalue weighted by Gasteiger charge is -2.20. The van der Waals surface area contributed by atoms with Gasteiger partial charge in [-0.1, -0.05) is 42.8 Å². The Hall–Kier alpha value is -2.85. The number of nitrogens with zero attached hydrogens (tertiary/aromatic N) is 2. The average Bonchev–Trinajstić information content (AvgIpc) is 3.59. The summed E-state index contributed by atoms with van der Waals surface area (Å²) >= 11 is 3.16. The summed E-state index contributed by atoms with van der Waals surface area (Å²) in [6, 6.07) is 7.28. The van der Waals surface area contributed by atoms with E-state index in [0.717, 1.165) is 33.8 Å². The molecule has 2 N–H and O–H groups in total. The van der Waals surface area contributed by atoms with Gasteiger partial charge in [0.05, 0.1) is 0 Å². The molecule has 0 radical (unpaired) electrons. The Bertz CT molecular complexity index is 1240. The molecule has 1 aromatic carbocycles. The van der Waals surface area contributed by atoms with Crippen molar-refractivity contribution < 1.29 is 18.8 Å². The van der Waals surface area contributed by atoms with Gasteiger partial charge in [-0.3, -0.25) is 14.5 Å². The molecule has 10 heteroatoms. The van der Waals surface area contributed by atoms with Crippen molar-refractivity contribution in [3.63, 3.8) is 0 Å². The van der Waals surface area contributed by atoms with Gasteiger partial charge in [0, 0.05) is 40.9 Å². The van der Waals surface area contributed by atoms with Crippen LogP contribution in [0.25, 0.3) is 11.0 Å².